The van der Waals surface area contributed by atoms with E-state index in [1.165, 1.54) is 18.7 Å². The predicted molar refractivity (Wildman–Crippen MR) is 73.9 cm³/mol. The molecule has 0 bridgehead atoms. The van der Waals surface area contributed by atoms with Gasteiger partial charge in [-0.05, 0) is 0 Å². The highest BCUT2D eigenvalue weighted by Gasteiger charge is 2.45. The van der Waals surface area contributed by atoms with Gasteiger partial charge in [0, 0.05) is 6.92 Å². The van der Waals surface area contributed by atoms with E-state index < -0.39 is 23.6 Å². The van der Waals surface area contributed by atoms with Gasteiger partial charge in [0.15, 0.2) is 5.44 Å². The first-order valence-electron chi connectivity index (χ1n) is 6.02. The third kappa shape index (κ3) is 4.99. The molecule has 0 aliphatic carbocycles. The quantitative estimate of drug-likeness (QED) is 0.410. The fourth-order valence-electron chi connectivity index (χ4n) is 1.75. The van der Waals surface area contributed by atoms with Crippen molar-refractivity contribution >= 4 is 17.7 Å². The molecule has 0 aromatic heterocycles. The van der Waals surface area contributed by atoms with E-state index in [4.69, 9.17) is 14.2 Å². The molecule has 6 heteroatoms. The lowest BCUT2D eigenvalue weighted by atomic mass is 10.1. The fourth-order valence-corrected chi connectivity index (χ4v) is 3.17. The van der Waals surface area contributed by atoms with Crippen LogP contribution in [0.3, 0.4) is 0 Å². The molecule has 1 heterocycles. The van der Waals surface area contributed by atoms with Gasteiger partial charge in [0.25, 0.3) is 0 Å². The minimum absolute atomic E-state index is 0.0979. The molecule has 1 aliphatic rings. The van der Waals surface area contributed by atoms with E-state index in [9.17, 15) is 9.90 Å². The molecule has 19 heavy (non-hydrogen) atoms. The van der Waals surface area contributed by atoms with Gasteiger partial charge < -0.3 is 19.3 Å². The SMILES string of the molecule is C=CCOC[C@H]1SC(OC(C)=O)[C@@H](O)[C@@H]1OCC=C. The zero-order valence-electron chi connectivity index (χ0n) is 11.0. The molecule has 1 N–H and O–H groups in total. The van der Waals surface area contributed by atoms with Gasteiger partial charge >= 0.3 is 5.97 Å². The molecule has 1 rings (SSSR count). The Morgan fingerprint density at radius 3 is 2.63 bits per heavy atom. The third-order valence-electron chi connectivity index (χ3n) is 2.50. The van der Waals surface area contributed by atoms with Crippen LogP contribution in [0.2, 0.25) is 0 Å². The molecule has 0 radical (unpaired) electrons. The van der Waals surface area contributed by atoms with Crippen LogP contribution in [0.25, 0.3) is 0 Å². The van der Waals surface area contributed by atoms with Crippen LogP contribution in [0.15, 0.2) is 25.3 Å². The molecule has 5 nitrogen and oxygen atoms in total. The molecule has 1 saturated heterocycles. The molecule has 1 unspecified atom stereocenters. The van der Waals surface area contributed by atoms with Gasteiger partial charge in [-0.2, -0.15) is 0 Å². The lowest BCUT2D eigenvalue weighted by molar-refractivity contribution is -0.149. The van der Waals surface area contributed by atoms with Gasteiger partial charge in [0.05, 0.1) is 25.1 Å². The molecular weight excluding hydrogens is 268 g/mol. The van der Waals surface area contributed by atoms with Crippen LogP contribution in [-0.2, 0) is 19.0 Å². The number of hydrogen-bond donors (Lipinski definition) is 1. The summed E-state index contributed by atoms with van der Waals surface area (Å²) in [5.74, 6) is -0.424. The fraction of sp³-hybridized carbons (Fsp3) is 0.615. The zero-order valence-corrected chi connectivity index (χ0v) is 11.8. The number of esters is 1. The Kier molecular flexibility index (Phi) is 7.15. The number of aliphatic hydroxyl groups is 1. The van der Waals surface area contributed by atoms with E-state index in [2.05, 4.69) is 13.2 Å². The number of ether oxygens (including phenoxy) is 3. The van der Waals surface area contributed by atoms with Crippen LogP contribution in [0.5, 0.6) is 0 Å². The van der Waals surface area contributed by atoms with E-state index >= 15 is 0 Å². The summed E-state index contributed by atoms with van der Waals surface area (Å²) in [4.78, 5) is 11.0. The Balaban J connectivity index is 2.60. The van der Waals surface area contributed by atoms with Crippen molar-refractivity contribution in [1.29, 1.82) is 0 Å². The maximum Gasteiger partial charge on any atom is 0.303 e. The zero-order chi connectivity index (χ0) is 14.3. The number of carbonyl (C=O) groups is 1. The molecular formula is C13H20O5S. The van der Waals surface area contributed by atoms with E-state index in [0.717, 1.165) is 0 Å². The summed E-state index contributed by atoms with van der Waals surface area (Å²) >= 11 is 1.34. The minimum Gasteiger partial charge on any atom is -0.449 e. The van der Waals surface area contributed by atoms with Gasteiger partial charge in [-0.3, -0.25) is 4.79 Å². The lowest BCUT2D eigenvalue weighted by Crippen LogP contribution is -2.38. The van der Waals surface area contributed by atoms with Crippen molar-refractivity contribution < 1.29 is 24.1 Å². The number of carbonyl (C=O) groups excluding carboxylic acids is 1. The molecule has 108 valence electrons. The molecule has 1 aliphatic heterocycles. The maximum atomic E-state index is 11.0. The molecule has 0 spiro atoms. The maximum absolute atomic E-state index is 11.0. The van der Waals surface area contributed by atoms with Crippen LogP contribution in [0.4, 0.5) is 0 Å². The Labute approximate surface area is 117 Å². The van der Waals surface area contributed by atoms with Gasteiger partial charge in [0.2, 0.25) is 0 Å². The minimum atomic E-state index is -0.869. The number of hydrogen-bond acceptors (Lipinski definition) is 6. The van der Waals surface area contributed by atoms with Crippen LogP contribution in [-0.4, -0.2) is 53.8 Å². The summed E-state index contributed by atoms with van der Waals surface area (Å²) in [6.07, 6.45) is 1.94. The highest BCUT2D eigenvalue weighted by molar-refractivity contribution is 8.00. The first-order valence-corrected chi connectivity index (χ1v) is 6.96. The van der Waals surface area contributed by atoms with Crippen LogP contribution >= 0.6 is 11.8 Å². The molecule has 0 amide bonds. The second kappa shape index (κ2) is 8.37. The number of aliphatic hydroxyl groups excluding tert-OH is 1. The molecule has 4 atom stereocenters. The standard InChI is InChI=1S/C13H20O5S/c1-4-6-16-8-10-12(17-7-5-2)11(15)13(19-10)18-9(3)14/h4-5,10-13,15H,1-2,6-8H2,3H3/t10-,11+,12-,13?/m1/s1. The van der Waals surface area contributed by atoms with Crippen LogP contribution < -0.4 is 0 Å². The second-order valence-corrected chi connectivity index (χ2v) is 5.40. The normalized spacial score (nSPS) is 30.0. The summed E-state index contributed by atoms with van der Waals surface area (Å²) < 4.78 is 16.0. The molecule has 0 saturated carbocycles. The largest absolute Gasteiger partial charge is 0.449 e. The van der Waals surface area contributed by atoms with Crippen molar-refractivity contribution in [1.82, 2.24) is 0 Å². The van der Waals surface area contributed by atoms with Gasteiger partial charge in [-0.25, -0.2) is 0 Å². The van der Waals surface area contributed by atoms with Crippen molar-refractivity contribution in [2.24, 2.45) is 0 Å². The summed E-state index contributed by atoms with van der Waals surface area (Å²) in [6.45, 7) is 9.61. The van der Waals surface area contributed by atoms with Crippen molar-refractivity contribution in [3.8, 4) is 0 Å². The lowest BCUT2D eigenvalue weighted by Gasteiger charge is -2.20. The average molecular weight is 288 g/mol. The van der Waals surface area contributed by atoms with Crippen molar-refractivity contribution in [3.63, 3.8) is 0 Å². The van der Waals surface area contributed by atoms with E-state index in [1.807, 2.05) is 0 Å². The number of thioether (sulfide) groups is 1. The van der Waals surface area contributed by atoms with Crippen LogP contribution in [0.1, 0.15) is 6.92 Å². The van der Waals surface area contributed by atoms with Gasteiger partial charge in [-0.1, -0.05) is 12.2 Å². The van der Waals surface area contributed by atoms with Gasteiger partial charge in [-0.15, -0.1) is 24.9 Å². The summed E-state index contributed by atoms with van der Waals surface area (Å²) in [5, 5.41) is 10.0. The van der Waals surface area contributed by atoms with Crippen molar-refractivity contribution in [2.45, 2.75) is 29.8 Å². The molecule has 0 aromatic rings. The van der Waals surface area contributed by atoms with E-state index in [1.54, 1.807) is 12.2 Å². The molecule has 1 fully saturated rings. The van der Waals surface area contributed by atoms with E-state index in [-0.39, 0.29) is 5.25 Å². The molecule has 0 aromatic carbocycles. The smallest absolute Gasteiger partial charge is 0.303 e. The topological polar surface area (TPSA) is 65.0 Å². The highest BCUT2D eigenvalue weighted by atomic mass is 32.2. The number of rotatable bonds is 8. The highest BCUT2D eigenvalue weighted by Crippen LogP contribution is 2.37. The second-order valence-electron chi connectivity index (χ2n) is 4.06. The van der Waals surface area contributed by atoms with Gasteiger partial charge in [0.1, 0.15) is 12.2 Å². The van der Waals surface area contributed by atoms with Crippen molar-refractivity contribution in [2.75, 3.05) is 19.8 Å². The Morgan fingerprint density at radius 2 is 2.05 bits per heavy atom. The summed E-state index contributed by atoms with van der Waals surface area (Å²) in [6, 6.07) is 0. The average Bonchev–Trinajstić information content (AvgIpc) is 2.64. The summed E-state index contributed by atoms with van der Waals surface area (Å²) in [7, 11) is 0. The predicted octanol–water partition coefficient (Wildman–Crippen LogP) is 1.13. The summed E-state index contributed by atoms with van der Waals surface area (Å²) in [5.41, 5.74) is -0.621. The Morgan fingerprint density at radius 1 is 1.37 bits per heavy atom. The Bertz CT molecular complexity index is 320. The van der Waals surface area contributed by atoms with E-state index in [0.29, 0.717) is 19.8 Å². The third-order valence-corrected chi connectivity index (χ3v) is 3.89. The Hall–Kier alpha value is -0.820. The first-order chi connectivity index (χ1) is 9.10. The van der Waals surface area contributed by atoms with Crippen molar-refractivity contribution in [3.05, 3.63) is 25.3 Å². The monoisotopic (exact) mass is 288 g/mol. The van der Waals surface area contributed by atoms with Crippen LogP contribution in [0, 0.1) is 0 Å². The first kappa shape index (κ1) is 16.2.